The molecule has 3 N–H and O–H groups in total. The van der Waals surface area contributed by atoms with Crippen molar-refractivity contribution in [3.63, 3.8) is 0 Å². The quantitative estimate of drug-likeness (QED) is 0.802. The molecular weight excluding hydrogens is 362 g/mol. The van der Waals surface area contributed by atoms with Crippen LogP contribution in [0.5, 0.6) is 0 Å². The Bertz CT molecular complexity index is 737. The molecule has 1 amide bonds. The lowest BCUT2D eigenvalue weighted by Crippen LogP contribution is -2.40. The number of benzene rings is 2. The van der Waals surface area contributed by atoms with E-state index in [9.17, 15) is 9.18 Å². The Morgan fingerprint density at radius 3 is 2.40 bits per heavy atom. The molecule has 2 aromatic carbocycles. The molecule has 0 spiro atoms. The molecule has 136 valence electrons. The Kier molecular flexibility index (Phi) is 7.87. The van der Waals surface area contributed by atoms with Crippen LogP contribution in [0.1, 0.15) is 36.6 Å². The normalized spacial score (nSPS) is 14.2. The Balaban J connectivity index is 0.00000312. The second-order valence-corrected chi connectivity index (χ2v) is 6.53. The van der Waals surface area contributed by atoms with E-state index in [1.807, 2.05) is 18.2 Å². The third kappa shape index (κ3) is 5.18. The van der Waals surface area contributed by atoms with E-state index in [0.717, 1.165) is 11.1 Å². The maximum Gasteiger partial charge on any atom is 0.225 e. The summed E-state index contributed by atoms with van der Waals surface area (Å²) in [5.41, 5.74) is 7.87. The number of rotatable bonds is 5. The van der Waals surface area contributed by atoms with Crippen molar-refractivity contribution in [1.29, 1.82) is 0 Å². The standard InChI is InChI=1S/C19H22ClFN2O.ClH/c1-11-10-14(8-9-17(11)21)18(15-6-4-5-7-16(15)20)23-19(24)12(2)13(3)22;/h4-10,12-13,18H,22H2,1-3H3,(H,23,24);1H. The number of carbonyl (C=O) groups excluding carboxylic acids is 1. The highest BCUT2D eigenvalue weighted by atomic mass is 35.5. The van der Waals surface area contributed by atoms with Crippen LogP contribution in [0.3, 0.4) is 0 Å². The van der Waals surface area contributed by atoms with Crippen LogP contribution in [0, 0.1) is 18.7 Å². The molecule has 3 atom stereocenters. The Hall–Kier alpha value is -1.62. The lowest BCUT2D eigenvalue weighted by molar-refractivity contribution is -0.125. The van der Waals surface area contributed by atoms with Crippen LogP contribution >= 0.6 is 24.0 Å². The Labute approximate surface area is 159 Å². The molecule has 0 saturated carbocycles. The van der Waals surface area contributed by atoms with Gasteiger partial charge in [-0.3, -0.25) is 4.79 Å². The van der Waals surface area contributed by atoms with Gasteiger partial charge in [-0.1, -0.05) is 48.9 Å². The van der Waals surface area contributed by atoms with E-state index < -0.39 is 6.04 Å². The molecular formula is C19H23Cl2FN2O. The van der Waals surface area contributed by atoms with Crippen LogP contribution in [0.15, 0.2) is 42.5 Å². The van der Waals surface area contributed by atoms with Gasteiger partial charge in [0.05, 0.1) is 6.04 Å². The summed E-state index contributed by atoms with van der Waals surface area (Å²) in [6.45, 7) is 5.26. The van der Waals surface area contributed by atoms with Crippen LogP contribution in [0.25, 0.3) is 0 Å². The van der Waals surface area contributed by atoms with E-state index in [0.29, 0.717) is 10.6 Å². The van der Waals surface area contributed by atoms with Gasteiger partial charge in [0.15, 0.2) is 0 Å². The molecule has 0 aliphatic rings. The number of carbonyl (C=O) groups is 1. The highest BCUT2D eigenvalue weighted by Gasteiger charge is 2.24. The monoisotopic (exact) mass is 384 g/mol. The number of nitrogens with one attached hydrogen (secondary N) is 1. The number of amides is 1. The van der Waals surface area contributed by atoms with Crippen molar-refractivity contribution in [3.8, 4) is 0 Å². The average Bonchev–Trinajstić information content (AvgIpc) is 2.55. The van der Waals surface area contributed by atoms with Crippen molar-refractivity contribution in [2.24, 2.45) is 11.7 Å². The zero-order valence-electron chi connectivity index (χ0n) is 14.4. The number of hydrogen-bond acceptors (Lipinski definition) is 2. The number of aryl methyl sites for hydroxylation is 1. The zero-order chi connectivity index (χ0) is 17.9. The first-order valence-corrected chi connectivity index (χ1v) is 8.25. The Morgan fingerprint density at radius 1 is 1.20 bits per heavy atom. The first-order chi connectivity index (χ1) is 11.3. The highest BCUT2D eigenvalue weighted by Crippen LogP contribution is 2.29. The Morgan fingerprint density at radius 2 is 1.84 bits per heavy atom. The van der Waals surface area contributed by atoms with Gasteiger partial charge in [0.1, 0.15) is 5.82 Å². The summed E-state index contributed by atoms with van der Waals surface area (Å²) in [6, 6.07) is 11.3. The summed E-state index contributed by atoms with van der Waals surface area (Å²) in [6.07, 6.45) is 0. The van der Waals surface area contributed by atoms with Crippen LogP contribution in [0.2, 0.25) is 5.02 Å². The van der Waals surface area contributed by atoms with Crippen LogP contribution in [0.4, 0.5) is 4.39 Å². The van der Waals surface area contributed by atoms with Gasteiger partial charge < -0.3 is 11.1 Å². The first-order valence-electron chi connectivity index (χ1n) is 7.87. The van der Waals surface area contributed by atoms with E-state index in [1.165, 1.54) is 6.07 Å². The molecule has 2 aromatic rings. The highest BCUT2D eigenvalue weighted by molar-refractivity contribution is 6.31. The van der Waals surface area contributed by atoms with Crippen LogP contribution in [-0.2, 0) is 4.79 Å². The van der Waals surface area contributed by atoms with Crippen molar-refractivity contribution in [2.75, 3.05) is 0 Å². The van der Waals surface area contributed by atoms with Gasteiger partial charge in [0.25, 0.3) is 0 Å². The molecule has 0 heterocycles. The van der Waals surface area contributed by atoms with E-state index in [-0.39, 0.29) is 36.1 Å². The molecule has 3 nitrogen and oxygen atoms in total. The summed E-state index contributed by atoms with van der Waals surface area (Å²) in [5, 5.41) is 3.53. The number of nitrogens with two attached hydrogens (primary N) is 1. The van der Waals surface area contributed by atoms with E-state index in [2.05, 4.69) is 5.32 Å². The van der Waals surface area contributed by atoms with Gasteiger partial charge in [-0.2, -0.15) is 0 Å². The van der Waals surface area contributed by atoms with Gasteiger partial charge >= 0.3 is 0 Å². The SMILES string of the molecule is Cc1cc(C(NC(=O)C(C)C(C)N)c2ccccc2Cl)ccc1F.Cl. The number of hydrogen-bond donors (Lipinski definition) is 2. The maximum absolute atomic E-state index is 13.6. The van der Waals surface area contributed by atoms with Crippen molar-refractivity contribution < 1.29 is 9.18 Å². The van der Waals surface area contributed by atoms with Gasteiger partial charge in [-0.15, -0.1) is 12.4 Å². The van der Waals surface area contributed by atoms with Crippen molar-refractivity contribution in [3.05, 3.63) is 70.0 Å². The van der Waals surface area contributed by atoms with Gasteiger partial charge in [-0.25, -0.2) is 4.39 Å². The molecule has 3 unspecified atom stereocenters. The predicted octanol–water partition coefficient (Wildman–Crippen LogP) is 4.40. The smallest absolute Gasteiger partial charge is 0.225 e. The molecule has 2 rings (SSSR count). The van der Waals surface area contributed by atoms with Crippen LogP contribution < -0.4 is 11.1 Å². The second kappa shape index (κ2) is 9.18. The third-order valence-electron chi connectivity index (χ3n) is 4.22. The molecule has 0 aromatic heterocycles. The molecule has 0 radical (unpaired) electrons. The lowest BCUT2D eigenvalue weighted by atomic mass is 9.95. The maximum atomic E-state index is 13.6. The van der Waals surface area contributed by atoms with Crippen molar-refractivity contribution in [1.82, 2.24) is 5.32 Å². The zero-order valence-corrected chi connectivity index (χ0v) is 16.0. The van der Waals surface area contributed by atoms with Gasteiger partial charge in [0, 0.05) is 17.0 Å². The molecule has 0 aliphatic heterocycles. The van der Waals surface area contributed by atoms with E-state index in [1.54, 1.807) is 39.0 Å². The molecule has 6 heteroatoms. The lowest BCUT2D eigenvalue weighted by Gasteiger charge is -2.24. The predicted molar refractivity (Wildman–Crippen MR) is 103 cm³/mol. The third-order valence-corrected chi connectivity index (χ3v) is 4.56. The van der Waals surface area contributed by atoms with Crippen molar-refractivity contribution >= 4 is 29.9 Å². The summed E-state index contributed by atoms with van der Waals surface area (Å²) in [5.74, 6) is -0.805. The molecule has 0 bridgehead atoms. The van der Waals surface area contributed by atoms with E-state index in [4.69, 9.17) is 17.3 Å². The summed E-state index contributed by atoms with van der Waals surface area (Å²) in [4.78, 5) is 12.5. The summed E-state index contributed by atoms with van der Waals surface area (Å²) >= 11 is 6.32. The summed E-state index contributed by atoms with van der Waals surface area (Å²) < 4.78 is 13.6. The minimum absolute atomic E-state index is 0. The largest absolute Gasteiger partial charge is 0.345 e. The fourth-order valence-electron chi connectivity index (χ4n) is 2.41. The minimum Gasteiger partial charge on any atom is -0.345 e. The fourth-order valence-corrected chi connectivity index (χ4v) is 2.65. The fraction of sp³-hybridized carbons (Fsp3) is 0.316. The molecule has 0 aliphatic carbocycles. The van der Waals surface area contributed by atoms with Gasteiger partial charge in [0.2, 0.25) is 5.91 Å². The second-order valence-electron chi connectivity index (χ2n) is 6.12. The summed E-state index contributed by atoms with van der Waals surface area (Å²) in [7, 11) is 0. The minimum atomic E-state index is -0.466. The first kappa shape index (κ1) is 21.4. The molecule has 0 saturated heterocycles. The van der Waals surface area contributed by atoms with Crippen molar-refractivity contribution in [2.45, 2.75) is 32.9 Å². The van der Waals surface area contributed by atoms with Crippen LogP contribution in [-0.4, -0.2) is 11.9 Å². The van der Waals surface area contributed by atoms with Gasteiger partial charge in [-0.05, 0) is 42.7 Å². The average molecular weight is 385 g/mol. The molecule has 0 fully saturated rings. The number of halogens is 3. The topological polar surface area (TPSA) is 55.1 Å². The van der Waals surface area contributed by atoms with E-state index >= 15 is 0 Å². The molecule has 25 heavy (non-hydrogen) atoms.